The topological polar surface area (TPSA) is 37.8 Å². The maximum atomic E-state index is 12.9. The van der Waals surface area contributed by atoms with Crippen molar-refractivity contribution in [2.24, 2.45) is 0 Å². The Bertz CT molecular complexity index is 538. The number of halogens is 1. The summed E-state index contributed by atoms with van der Waals surface area (Å²) < 4.78 is 12.9. The van der Waals surface area contributed by atoms with Crippen LogP contribution in [0.5, 0.6) is 0 Å². The highest BCUT2D eigenvalue weighted by atomic mass is 19.1. The minimum atomic E-state index is -0.223. The summed E-state index contributed by atoms with van der Waals surface area (Å²) in [6, 6.07) is 8.38. The molecule has 0 radical (unpaired) electrons. The van der Waals surface area contributed by atoms with Gasteiger partial charge in [-0.1, -0.05) is 19.1 Å². The molecule has 0 aliphatic rings. The van der Waals surface area contributed by atoms with E-state index in [1.807, 2.05) is 13.0 Å². The van der Waals surface area contributed by atoms with Gasteiger partial charge in [0.25, 0.3) is 0 Å². The fourth-order valence-corrected chi connectivity index (χ4v) is 1.84. The van der Waals surface area contributed by atoms with E-state index in [4.69, 9.17) is 0 Å². The average molecular weight is 259 g/mol. The Hall–Kier alpha value is -1.97. The number of nitrogens with one attached hydrogen (secondary N) is 1. The molecule has 0 spiro atoms. The zero-order valence-electron chi connectivity index (χ0n) is 11.3. The predicted octanol–water partition coefficient (Wildman–Crippen LogP) is 3.34. The van der Waals surface area contributed by atoms with Crippen molar-refractivity contribution >= 4 is 5.82 Å². The number of aryl methyl sites for hydroxylation is 1. The molecule has 19 heavy (non-hydrogen) atoms. The van der Waals surface area contributed by atoms with Crippen molar-refractivity contribution in [3.8, 4) is 0 Å². The summed E-state index contributed by atoms with van der Waals surface area (Å²) in [5.41, 5.74) is 1.94. The molecular weight excluding hydrogens is 241 g/mol. The van der Waals surface area contributed by atoms with Gasteiger partial charge in [-0.05, 0) is 31.0 Å². The maximum Gasteiger partial charge on any atom is 0.135 e. The fourth-order valence-electron chi connectivity index (χ4n) is 1.84. The molecule has 0 atom stereocenters. The van der Waals surface area contributed by atoms with Crippen LogP contribution in [-0.4, -0.2) is 16.5 Å². The van der Waals surface area contributed by atoms with Crippen LogP contribution >= 0.6 is 0 Å². The number of hydrogen-bond donors (Lipinski definition) is 1. The smallest absolute Gasteiger partial charge is 0.135 e. The lowest BCUT2D eigenvalue weighted by atomic mass is 10.1. The molecular formula is C15H18FN3. The number of anilines is 1. The van der Waals surface area contributed by atoms with Crippen LogP contribution in [0.25, 0.3) is 0 Å². The molecule has 2 aromatic rings. The lowest BCUT2D eigenvalue weighted by molar-refractivity contribution is 0.627. The van der Waals surface area contributed by atoms with Crippen LogP contribution in [-0.2, 0) is 6.42 Å². The molecule has 0 bridgehead atoms. The van der Waals surface area contributed by atoms with Crippen LogP contribution in [0, 0.1) is 12.7 Å². The molecule has 0 aliphatic carbocycles. The zero-order chi connectivity index (χ0) is 13.7. The second kappa shape index (κ2) is 6.27. The fraction of sp³-hybridized carbons (Fsp3) is 0.333. The predicted molar refractivity (Wildman–Crippen MR) is 74.8 cm³/mol. The average Bonchev–Trinajstić information content (AvgIpc) is 2.38. The standard InChI is InChI=1S/C15H18FN3/c1-3-8-17-14-9-11(2)18-15(19-14)10-12-4-6-13(16)7-5-12/h4-7,9H,3,8,10H2,1-2H3,(H,17,18,19). The van der Waals surface area contributed by atoms with Crippen LogP contribution < -0.4 is 5.32 Å². The van der Waals surface area contributed by atoms with Gasteiger partial charge in [0.2, 0.25) is 0 Å². The van der Waals surface area contributed by atoms with Crippen molar-refractivity contribution in [3.05, 3.63) is 53.2 Å². The van der Waals surface area contributed by atoms with Crippen LogP contribution in [0.2, 0.25) is 0 Å². The zero-order valence-corrected chi connectivity index (χ0v) is 11.3. The Balaban J connectivity index is 2.15. The lowest BCUT2D eigenvalue weighted by Gasteiger charge is -2.07. The minimum absolute atomic E-state index is 0.223. The van der Waals surface area contributed by atoms with Crippen LogP contribution in [0.1, 0.15) is 30.4 Å². The summed E-state index contributed by atoms with van der Waals surface area (Å²) in [4.78, 5) is 8.89. The quantitative estimate of drug-likeness (QED) is 0.895. The molecule has 0 fully saturated rings. The number of nitrogens with zero attached hydrogens (tertiary/aromatic N) is 2. The summed E-state index contributed by atoms with van der Waals surface area (Å²) in [7, 11) is 0. The monoisotopic (exact) mass is 259 g/mol. The second-order valence-corrected chi connectivity index (χ2v) is 4.54. The van der Waals surface area contributed by atoms with E-state index in [1.54, 1.807) is 12.1 Å². The minimum Gasteiger partial charge on any atom is -0.370 e. The molecule has 3 nitrogen and oxygen atoms in total. The molecule has 4 heteroatoms. The largest absolute Gasteiger partial charge is 0.370 e. The first-order chi connectivity index (χ1) is 9.17. The van der Waals surface area contributed by atoms with Gasteiger partial charge in [0.15, 0.2) is 0 Å². The van der Waals surface area contributed by atoms with E-state index in [2.05, 4.69) is 22.2 Å². The number of hydrogen-bond acceptors (Lipinski definition) is 3. The highest BCUT2D eigenvalue weighted by Gasteiger charge is 2.03. The van der Waals surface area contributed by atoms with Crippen molar-refractivity contribution in [1.82, 2.24) is 9.97 Å². The van der Waals surface area contributed by atoms with Gasteiger partial charge in [-0.3, -0.25) is 0 Å². The van der Waals surface area contributed by atoms with Gasteiger partial charge in [0.1, 0.15) is 17.5 Å². The van der Waals surface area contributed by atoms with Gasteiger partial charge in [0.05, 0.1) is 0 Å². The Morgan fingerprint density at radius 1 is 1.16 bits per heavy atom. The van der Waals surface area contributed by atoms with Crippen molar-refractivity contribution in [2.45, 2.75) is 26.7 Å². The third kappa shape index (κ3) is 4.02. The van der Waals surface area contributed by atoms with Crippen molar-refractivity contribution < 1.29 is 4.39 Å². The van der Waals surface area contributed by atoms with Gasteiger partial charge in [-0.15, -0.1) is 0 Å². The van der Waals surface area contributed by atoms with Gasteiger partial charge >= 0.3 is 0 Å². The first kappa shape index (κ1) is 13.5. The third-order valence-electron chi connectivity index (χ3n) is 2.73. The summed E-state index contributed by atoms with van der Waals surface area (Å²) in [6.07, 6.45) is 1.67. The number of aromatic nitrogens is 2. The number of rotatable bonds is 5. The second-order valence-electron chi connectivity index (χ2n) is 4.54. The van der Waals surface area contributed by atoms with E-state index in [1.165, 1.54) is 12.1 Å². The van der Waals surface area contributed by atoms with Crippen LogP contribution in [0.15, 0.2) is 30.3 Å². The Kier molecular flexibility index (Phi) is 4.44. The van der Waals surface area contributed by atoms with Crippen molar-refractivity contribution in [2.75, 3.05) is 11.9 Å². The van der Waals surface area contributed by atoms with E-state index in [0.29, 0.717) is 6.42 Å². The Morgan fingerprint density at radius 3 is 2.58 bits per heavy atom. The molecule has 1 heterocycles. The van der Waals surface area contributed by atoms with E-state index in [0.717, 1.165) is 35.9 Å². The summed E-state index contributed by atoms with van der Waals surface area (Å²) >= 11 is 0. The Morgan fingerprint density at radius 2 is 1.89 bits per heavy atom. The van der Waals surface area contributed by atoms with E-state index >= 15 is 0 Å². The lowest BCUT2D eigenvalue weighted by Crippen LogP contribution is -2.06. The van der Waals surface area contributed by atoms with E-state index < -0.39 is 0 Å². The van der Waals surface area contributed by atoms with Crippen molar-refractivity contribution in [1.29, 1.82) is 0 Å². The summed E-state index contributed by atoms with van der Waals surface area (Å²) in [5.74, 6) is 1.39. The molecule has 2 rings (SSSR count). The highest BCUT2D eigenvalue weighted by Crippen LogP contribution is 2.11. The van der Waals surface area contributed by atoms with Crippen LogP contribution in [0.4, 0.5) is 10.2 Å². The summed E-state index contributed by atoms with van der Waals surface area (Å²) in [5, 5.41) is 3.26. The Labute approximate surface area is 112 Å². The third-order valence-corrected chi connectivity index (χ3v) is 2.73. The normalized spacial score (nSPS) is 10.5. The molecule has 0 unspecified atom stereocenters. The van der Waals surface area contributed by atoms with E-state index in [9.17, 15) is 4.39 Å². The van der Waals surface area contributed by atoms with Gasteiger partial charge in [-0.25, -0.2) is 14.4 Å². The van der Waals surface area contributed by atoms with Gasteiger partial charge < -0.3 is 5.32 Å². The van der Waals surface area contributed by atoms with Crippen LogP contribution in [0.3, 0.4) is 0 Å². The highest BCUT2D eigenvalue weighted by molar-refractivity contribution is 5.36. The molecule has 0 amide bonds. The first-order valence-electron chi connectivity index (χ1n) is 6.50. The van der Waals surface area contributed by atoms with Gasteiger partial charge in [0, 0.05) is 24.7 Å². The molecule has 0 aliphatic heterocycles. The first-order valence-corrected chi connectivity index (χ1v) is 6.50. The molecule has 0 saturated carbocycles. The SMILES string of the molecule is CCCNc1cc(C)nc(Cc2ccc(F)cc2)n1. The maximum absolute atomic E-state index is 12.9. The van der Waals surface area contributed by atoms with Crippen molar-refractivity contribution in [3.63, 3.8) is 0 Å². The number of benzene rings is 1. The molecule has 100 valence electrons. The van der Waals surface area contributed by atoms with E-state index in [-0.39, 0.29) is 5.82 Å². The molecule has 1 aromatic heterocycles. The molecule has 1 N–H and O–H groups in total. The molecule has 1 aromatic carbocycles. The summed E-state index contributed by atoms with van der Waals surface area (Å²) in [6.45, 7) is 4.96. The van der Waals surface area contributed by atoms with Gasteiger partial charge in [-0.2, -0.15) is 0 Å². The molecule has 0 saturated heterocycles.